The minimum atomic E-state index is -4.23. The number of aryl methyl sites for hydroxylation is 1. The number of halogens is 3. The third-order valence-corrected chi connectivity index (χ3v) is 9.43. The maximum absolute atomic E-state index is 14.1. The lowest BCUT2D eigenvalue weighted by Gasteiger charge is -2.34. The van der Waals surface area contributed by atoms with Crippen molar-refractivity contribution >= 4 is 62.3 Å². The Morgan fingerprint density at radius 3 is 2.15 bits per heavy atom. The van der Waals surface area contributed by atoms with E-state index in [1.165, 1.54) is 23.1 Å². The summed E-state index contributed by atoms with van der Waals surface area (Å²) in [5.74, 6) is -0.941. The topological polar surface area (TPSA) is 86.8 Å². The molecule has 2 atom stereocenters. The van der Waals surface area contributed by atoms with Crippen LogP contribution in [0.3, 0.4) is 0 Å². The summed E-state index contributed by atoms with van der Waals surface area (Å²) in [5.41, 5.74) is 1.59. The van der Waals surface area contributed by atoms with E-state index in [9.17, 15) is 18.0 Å². The molecule has 0 saturated carbocycles. The van der Waals surface area contributed by atoms with Crippen molar-refractivity contribution in [2.45, 2.75) is 64.1 Å². The molecule has 2 amide bonds. The molecule has 0 saturated heterocycles. The van der Waals surface area contributed by atoms with Gasteiger partial charge in [0.25, 0.3) is 10.0 Å². The second-order valence-corrected chi connectivity index (χ2v) is 12.9. The van der Waals surface area contributed by atoms with E-state index in [0.29, 0.717) is 22.0 Å². The standard InChI is InChI=1S/C30H34Cl3N3O4S/c1-5-21(4)34-30(38)27(6-2)35(18-22-13-14-23(31)17-26(22)33)29(37)19-36(28-10-8-7-9-25(28)32)41(39,40)24-15-11-20(3)12-16-24/h7-17,21,27H,5-6,18-19H2,1-4H3,(H,34,38)/t21-,27-/m1/s1. The molecule has 0 aliphatic heterocycles. The van der Waals surface area contributed by atoms with Crippen molar-refractivity contribution < 1.29 is 18.0 Å². The van der Waals surface area contributed by atoms with Gasteiger partial charge in [0.05, 0.1) is 15.6 Å². The van der Waals surface area contributed by atoms with E-state index < -0.39 is 28.5 Å². The molecule has 220 valence electrons. The molecular formula is C30H34Cl3N3O4S. The fourth-order valence-corrected chi connectivity index (χ4v) is 6.39. The SMILES string of the molecule is CC[C@@H](C)NC(=O)[C@@H](CC)N(Cc1ccc(Cl)cc1Cl)C(=O)CN(c1ccccc1Cl)S(=O)(=O)c1ccc(C)cc1. The highest BCUT2D eigenvalue weighted by atomic mass is 35.5. The molecule has 0 bridgehead atoms. The Balaban J connectivity index is 2.09. The van der Waals surface area contributed by atoms with Gasteiger partial charge < -0.3 is 10.2 Å². The summed E-state index contributed by atoms with van der Waals surface area (Å²) in [6.07, 6.45) is 0.990. The van der Waals surface area contributed by atoms with Gasteiger partial charge in [0.15, 0.2) is 0 Å². The van der Waals surface area contributed by atoms with Gasteiger partial charge in [-0.3, -0.25) is 13.9 Å². The smallest absolute Gasteiger partial charge is 0.264 e. The Labute approximate surface area is 257 Å². The van der Waals surface area contributed by atoms with E-state index in [0.717, 1.165) is 9.87 Å². The van der Waals surface area contributed by atoms with Crippen LogP contribution in [0.2, 0.25) is 15.1 Å². The summed E-state index contributed by atoms with van der Waals surface area (Å²) in [7, 11) is -4.23. The van der Waals surface area contributed by atoms with Crippen LogP contribution in [0.1, 0.15) is 44.7 Å². The first kappa shape index (κ1) is 32.7. The molecule has 3 aromatic carbocycles. The van der Waals surface area contributed by atoms with Gasteiger partial charge >= 0.3 is 0 Å². The van der Waals surface area contributed by atoms with E-state index in [1.807, 2.05) is 20.8 Å². The first-order valence-corrected chi connectivity index (χ1v) is 15.8. The second kappa shape index (κ2) is 14.4. The molecule has 0 fully saturated rings. The minimum absolute atomic E-state index is 0.00432. The number of nitrogens with zero attached hydrogens (tertiary/aromatic N) is 2. The third kappa shape index (κ3) is 8.16. The number of carbonyl (C=O) groups is 2. The lowest BCUT2D eigenvalue weighted by molar-refractivity contribution is -0.140. The monoisotopic (exact) mass is 637 g/mol. The van der Waals surface area contributed by atoms with Gasteiger partial charge in [-0.15, -0.1) is 0 Å². The van der Waals surface area contributed by atoms with E-state index in [-0.39, 0.29) is 40.5 Å². The van der Waals surface area contributed by atoms with Crippen LogP contribution in [0.15, 0.2) is 71.6 Å². The van der Waals surface area contributed by atoms with Crippen LogP contribution < -0.4 is 9.62 Å². The number of carbonyl (C=O) groups excluding carboxylic acids is 2. The van der Waals surface area contributed by atoms with Crippen LogP contribution in [0, 0.1) is 6.92 Å². The van der Waals surface area contributed by atoms with Crippen molar-refractivity contribution in [1.82, 2.24) is 10.2 Å². The number of anilines is 1. The van der Waals surface area contributed by atoms with Crippen molar-refractivity contribution in [3.63, 3.8) is 0 Å². The molecule has 11 heteroatoms. The Morgan fingerprint density at radius 2 is 1.56 bits per heavy atom. The van der Waals surface area contributed by atoms with E-state index in [4.69, 9.17) is 34.8 Å². The Bertz CT molecular complexity index is 1480. The van der Waals surface area contributed by atoms with Crippen LogP contribution >= 0.6 is 34.8 Å². The Morgan fingerprint density at radius 1 is 0.902 bits per heavy atom. The highest BCUT2D eigenvalue weighted by molar-refractivity contribution is 7.92. The zero-order valence-corrected chi connectivity index (χ0v) is 26.5. The first-order chi connectivity index (χ1) is 19.4. The average molecular weight is 639 g/mol. The molecule has 0 unspecified atom stereocenters. The summed E-state index contributed by atoms with van der Waals surface area (Å²) >= 11 is 19.0. The molecule has 41 heavy (non-hydrogen) atoms. The first-order valence-electron chi connectivity index (χ1n) is 13.3. The number of sulfonamides is 1. The molecule has 1 N–H and O–H groups in total. The summed E-state index contributed by atoms with van der Waals surface area (Å²) in [6.45, 7) is 6.82. The summed E-state index contributed by atoms with van der Waals surface area (Å²) in [5, 5.41) is 3.84. The minimum Gasteiger partial charge on any atom is -0.352 e. The molecule has 3 rings (SSSR count). The number of nitrogens with one attached hydrogen (secondary N) is 1. The predicted octanol–water partition coefficient (Wildman–Crippen LogP) is 6.87. The largest absolute Gasteiger partial charge is 0.352 e. The number of hydrogen-bond acceptors (Lipinski definition) is 4. The van der Waals surface area contributed by atoms with Gasteiger partial charge in [-0.25, -0.2) is 8.42 Å². The van der Waals surface area contributed by atoms with Gasteiger partial charge in [-0.05, 0) is 68.7 Å². The van der Waals surface area contributed by atoms with Crippen molar-refractivity contribution in [1.29, 1.82) is 0 Å². The molecule has 0 radical (unpaired) electrons. The van der Waals surface area contributed by atoms with Gasteiger partial charge in [0.1, 0.15) is 12.6 Å². The zero-order chi connectivity index (χ0) is 30.3. The lowest BCUT2D eigenvalue weighted by Crippen LogP contribution is -2.53. The van der Waals surface area contributed by atoms with E-state index in [1.54, 1.807) is 55.5 Å². The van der Waals surface area contributed by atoms with Crippen LogP contribution in [0.4, 0.5) is 5.69 Å². The van der Waals surface area contributed by atoms with E-state index >= 15 is 0 Å². The maximum atomic E-state index is 14.1. The van der Waals surface area contributed by atoms with Gasteiger partial charge in [-0.1, -0.05) is 84.5 Å². The van der Waals surface area contributed by atoms with Crippen molar-refractivity contribution in [2.75, 3.05) is 10.8 Å². The van der Waals surface area contributed by atoms with Crippen molar-refractivity contribution in [3.8, 4) is 0 Å². The maximum Gasteiger partial charge on any atom is 0.264 e. The van der Waals surface area contributed by atoms with E-state index in [2.05, 4.69) is 5.32 Å². The zero-order valence-electron chi connectivity index (χ0n) is 23.4. The predicted molar refractivity (Wildman–Crippen MR) is 166 cm³/mol. The summed E-state index contributed by atoms with van der Waals surface area (Å²) < 4.78 is 28.9. The highest BCUT2D eigenvalue weighted by Gasteiger charge is 2.34. The van der Waals surface area contributed by atoms with Crippen molar-refractivity contribution in [2.24, 2.45) is 0 Å². The summed E-state index contributed by atoms with van der Waals surface area (Å²) in [6, 6.07) is 16.6. The van der Waals surface area contributed by atoms with Gasteiger partial charge in [0.2, 0.25) is 11.8 Å². The average Bonchev–Trinajstić information content (AvgIpc) is 2.93. The van der Waals surface area contributed by atoms with Crippen LogP contribution in [-0.4, -0.2) is 43.8 Å². The quantitative estimate of drug-likeness (QED) is 0.235. The molecule has 7 nitrogen and oxygen atoms in total. The van der Waals surface area contributed by atoms with Crippen LogP contribution in [0.5, 0.6) is 0 Å². The lowest BCUT2D eigenvalue weighted by atomic mass is 10.1. The third-order valence-electron chi connectivity index (χ3n) is 6.75. The van der Waals surface area contributed by atoms with Gasteiger partial charge in [0, 0.05) is 22.6 Å². The normalized spacial score (nSPS) is 12.9. The van der Waals surface area contributed by atoms with Crippen LogP contribution in [-0.2, 0) is 26.2 Å². The molecule has 0 aliphatic carbocycles. The number of amides is 2. The second-order valence-electron chi connectivity index (χ2n) is 9.78. The van der Waals surface area contributed by atoms with Gasteiger partial charge in [-0.2, -0.15) is 0 Å². The Hall–Kier alpha value is -2.78. The number of benzene rings is 3. The number of rotatable bonds is 12. The summed E-state index contributed by atoms with van der Waals surface area (Å²) in [4.78, 5) is 28.9. The fourth-order valence-electron chi connectivity index (χ4n) is 4.20. The number of para-hydroxylation sites is 1. The molecule has 3 aromatic rings. The highest BCUT2D eigenvalue weighted by Crippen LogP contribution is 2.31. The number of hydrogen-bond donors (Lipinski definition) is 1. The molecule has 0 aromatic heterocycles. The van der Waals surface area contributed by atoms with Crippen LogP contribution in [0.25, 0.3) is 0 Å². The molecule has 0 spiro atoms. The molecular weight excluding hydrogens is 605 g/mol. The molecule has 0 aliphatic rings. The fraction of sp³-hybridized carbons (Fsp3) is 0.333. The molecule has 0 heterocycles. The Kier molecular flexibility index (Phi) is 11.5. The van der Waals surface area contributed by atoms with Crippen molar-refractivity contribution in [3.05, 3.63) is 92.9 Å².